The summed E-state index contributed by atoms with van der Waals surface area (Å²) >= 11 is 0. The maximum absolute atomic E-state index is 3.47. The van der Waals surface area contributed by atoms with Crippen molar-refractivity contribution in [3.05, 3.63) is 0 Å². The maximum atomic E-state index is 3.47. The summed E-state index contributed by atoms with van der Waals surface area (Å²) in [7, 11) is 6.47. The molecule has 78 valence electrons. The van der Waals surface area contributed by atoms with E-state index in [-0.39, 0.29) is 0 Å². The fraction of sp³-hybridized carbons (Fsp3) is 1.00. The van der Waals surface area contributed by atoms with Gasteiger partial charge in [0.05, 0.1) is 0 Å². The molecular formula is C11H24N2. The SMILES string of the molecule is CNC1CCCCCC1CN(C)C. The summed E-state index contributed by atoms with van der Waals surface area (Å²) in [6.07, 6.45) is 7.05. The monoisotopic (exact) mass is 184 g/mol. The second kappa shape index (κ2) is 5.61. The van der Waals surface area contributed by atoms with Crippen molar-refractivity contribution >= 4 is 0 Å². The Hall–Kier alpha value is -0.0800. The summed E-state index contributed by atoms with van der Waals surface area (Å²) in [6, 6.07) is 0.755. The van der Waals surface area contributed by atoms with Crippen LogP contribution in [0.15, 0.2) is 0 Å². The van der Waals surface area contributed by atoms with Crippen LogP contribution in [0.2, 0.25) is 0 Å². The van der Waals surface area contributed by atoms with Crippen molar-refractivity contribution in [2.45, 2.75) is 38.1 Å². The summed E-state index contributed by atoms with van der Waals surface area (Å²) in [5.74, 6) is 0.863. The van der Waals surface area contributed by atoms with Gasteiger partial charge in [-0.2, -0.15) is 0 Å². The summed E-state index contributed by atoms with van der Waals surface area (Å²) in [5, 5.41) is 3.47. The van der Waals surface area contributed by atoms with Crippen LogP contribution in [-0.4, -0.2) is 38.6 Å². The van der Waals surface area contributed by atoms with Gasteiger partial charge in [-0.3, -0.25) is 0 Å². The largest absolute Gasteiger partial charge is 0.317 e. The Labute approximate surface area is 82.7 Å². The van der Waals surface area contributed by atoms with E-state index in [1.807, 2.05) is 0 Å². The molecule has 2 heteroatoms. The molecule has 0 aromatic rings. The fourth-order valence-electron chi connectivity index (χ4n) is 2.45. The van der Waals surface area contributed by atoms with Crippen LogP contribution in [0, 0.1) is 5.92 Å². The quantitative estimate of drug-likeness (QED) is 0.672. The van der Waals surface area contributed by atoms with Gasteiger partial charge in [0.2, 0.25) is 0 Å². The van der Waals surface area contributed by atoms with E-state index in [4.69, 9.17) is 0 Å². The van der Waals surface area contributed by atoms with Gasteiger partial charge in [-0.05, 0) is 39.9 Å². The van der Waals surface area contributed by atoms with Crippen LogP contribution in [0.5, 0.6) is 0 Å². The molecule has 0 aromatic carbocycles. The van der Waals surface area contributed by atoms with Crippen LogP contribution in [0.25, 0.3) is 0 Å². The van der Waals surface area contributed by atoms with Crippen molar-refractivity contribution in [3.63, 3.8) is 0 Å². The molecule has 1 saturated carbocycles. The van der Waals surface area contributed by atoms with E-state index < -0.39 is 0 Å². The lowest BCUT2D eigenvalue weighted by molar-refractivity contribution is 0.258. The van der Waals surface area contributed by atoms with Gasteiger partial charge in [0.25, 0.3) is 0 Å². The molecular weight excluding hydrogens is 160 g/mol. The van der Waals surface area contributed by atoms with Crippen molar-refractivity contribution < 1.29 is 0 Å². The predicted molar refractivity (Wildman–Crippen MR) is 58.0 cm³/mol. The molecule has 1 rings (SSSR count). The molecule has 0 aliphatic heterocycles. The van der Waals surface area contributed by atoms with Crippen LogP contribution in [-0.2, 0) is 0 Å². The van der Waals surface area contributed by atoms with E-state index in [1.54, 1.807) is 0 Å². The van der Waals surface area contributed by atoms with Gasteiger partial charge < -0.3 is 10.2 Å². The van der Waals surface area contributed by atoms with Crippen LogP contribution >= 0.6 is 0 Å². The highest BCUT2D eigenvalue weighted by molar-refractivity contribution is 4.79. The van der Waals surface area contributed by atoms with Crippen LogP contribution in [0.3, 0.4) is 0 Å². The summed E-state index contributed by atoms with van der Waals surface area (Å²) < 4.78 is 0. The Balaban J connectivity index is 2.44. The molecule has 0 radical (unpaired) electrons. The van der Waals surface area contributed by atoms with Crippen molar-refractivity contribution in [1.82, 2.24) is 10.2 Å². The summed E-state index contributed by atoms with van der Waals surface area (Å²) in [6.45, 7) is 1.24. The van der Waals surface area contributed by atoms with Gasteiger partial charge in [-0.25, -0.2) is 0 Å². The third-order valence-corrected chi connectivity index (χ3v) is 3.13. The second-order valence-electron chi connectivity index (χ2n) is 4.56. The Morgan fingerprint density at radius 1 is 1.15 bits per heavy atom. The number of nitrogens with one attached hydrogen (secondary N) is 1. The minimum atomic E-state index is 0.755. The van der Waals surface area contributed by atoms with E-state index >= 15 is 0 Å². The molecule has 2 atom stereocenters. The Morgan fingerprint density at radius 2 is 1.85 bits per heavy atom. The highest BCUT2D eigenvalue weighted by Crippen LogP contribution is 2.23. The van der Waals surface area contributed by atoms with Gasteiger partial charge in [0, 0.05) is 12.6 Å². The third kappa shape index (κ3) is 3.65. The van der Waals surface area contributed by atoms with E-state index in [1.165, 1.54) is 38.6 Å². The maximum Gasteiger partial charge on any atom is 0.0104 e. The average molecular weight is 184 g/mol. The minimum absolute atomic E-state index is 0.755. The standard InChI is InChI=1S/C11H24N2/c1-12-11-8-6-4-5-7-10(11)9-13(2)3/h10-12H,4-9H2,1-3H3. The van der Waals surface area contributed by atoms with Crippen molar-refractivity contribution in [2.75, 3.05) is 27.7 Å². The third-order valence-electron chi connectivity index (χ3n) is 3.13. The highest BCUT2D eigenvalue weighted by Gasteiger charge is 2.22. The number of nitrogens with zero attached hydrogens (tertiary/aromatic N) is 1. The van der Waals surface area contributed by atoms with Crippen LogP contribution in [0.4, 0.5) is 0 Å². The lowest BCUT2D eigenvalue weighted by atomic mass is 9.94. The van der Waals surface area contributed by atoms with Crippen molar-refractivity contribution in [1.29, 1.82) is 0 Å². The highest BCUT2D eigenvalue weighted by atomic mass is 15.1. The van der Waals surface area contributed by atoms with Gasteiger partial charge in [0.15, 0.2) is 0 Å². The van der Waals surface area contributed by atoms with E-state index in [0.29, 0.717) is 0 Å². The molecule has 2 unspecified atom stereocenters. The Morgan fingerprint density at radius 3 is 2.46 bits per heavy atom. The van der Waals surface area contributed by atoms with Gasteiger partial charge >= 0.3 is 0 Å². The second-order valence-corrected chi connectivity index (χ2v) is 4.56. The molecule has 0 spiro atoms. The molecule has 0 amide bonds. The normalized spacial score (nSPS) is 30.5. The Kier molecular flexibility index (Phi) is 4.74. The first-order chi connectivity index (χ1) is 6.24. The molecule has 1 aliphatic rings. The smallest absolute Gasteiger partial charge is 0.0104 e. The van der Waals surface area contributed by atoms with E-state index in [0.717, 1.165) is 12.0 Å². The molecule has 0 saturated heterocycles. The van der Waals surface area contributed by atoms with Gasteiger partial charge in [-0.1, -0.05) is 19.3 Å². The summed E-state index contributed by atoms with van der Waals surface area (Å²) in [5.41, 5.74) is 0. The topological polar surface area (TPSA) is 15.3 Å². The zero-order chi connectivity index (χ0) is 9.68. The average Bonchev–Trinajstić information content (AvgIpc) is 2.28. The molecule has 1 fully saturated rings. The molecule has 0 heterocycles. The molecule has 0 bridgehead atoms. The van der Waals surface area contributed by atoms with Crippen molar-refractivity contribution in [2.24, 2.45) is 5.92 Å². The van der Waals surface area contributed by atoms with Gasteiger partial charge in [-0.15, -0.1) is 0 Å². The minimum Gasteiger partial charge on any atom is -0.317 e. The molecule has 1 N–H and O–H groups in total. The number of hydrogen-bond donors (Lipinski definition) is 1. The lowest BCUT2D eigenvalue weighted by Crippen LogP contribution is -2.38. The zero-order valence-corrected chi connectivity index (χ0v) is 9.34. The number of hydrogen-bond acceptors (Lipinski definition) is 2. The fourth-order valence-corrected chi connectivity index (χ4v) is 2.45. The number of rotatable bonds is 3. The molecule has 0 aromatic heterocycles. The first-order valence-electron chi connectivity index (χ1n) is 5.56. The van der Waals surface area contributed by atoms with E-state index in [9.17, 15) is 0 Å². The van der Waals surface area contributed by atoms with Crippen LogP contribution in [0.1, 0.15) is 32.1 Å². The summed E-state index contributed by atoms with van der Waals surface area (Å²) in [4.78, 5) is 2.32. The molecule has 13 heavy (non-hydrogen) atoms. The molecule has 1 aliphatic carbocycles. The zero-order valence-electron chi connectivity index (χ0n) is 9.34. The predicted octanol–water partition coefficient (Wildman–Crippen LogP) is 1.72. The van der Waals surface area contributed by atoms with Gasteiger partial charge in [0.1, 0.15) is 0 Å². The first kappa shape index (κ1) is 11.0. The first-order valence-corrected chi connectivity index (χ1v) is 5.56. The van der Waals surface area contributed by atoms with Crippen molar-refractivity contribution in [3.8, 4) is 0 Å². The lowest BCUT2D eigenvalue weighted by Gasteiger charge is -2.27. The van der Waals surface area contributed by atoms with Crippen LogP contribution < -0.4 is 5.32 Å². The molecule has 2 nitrogen and oxygen atoms in total. The van der Waals surface area contributed by atoms with E-state index in [2.05, 4.69) is 31.4 Å². The Bertz CT molecular complexity index is 134.